The van der Waals surface area contributed by atoms with E-state index in [4.69, 9.17) is 19.4 Å². The van der Waals surface area contributed by atoms with E-state index in [1.54, 1.807) is 0 Å². The Morgan fingerprint density at radius 3 is 1.54 bits per heavy atom. The van der Waals surface area contributed by atoms with Gasteiger partial charge in [-0.3, -0.25) is 0 Å². The predicted octanol–water partition coefficient (Wildman–Crippen LogP) is 12.8. The van der Waals surface area contributed by atoms with E-state index in [2.05, 4.69) is 127 Å². The average Bonchev–Trinajstić information content (AvgIpc) is 3.81. The van der Waals surface area contributed by atoms with Crippen LogP contribution in [0.1, 0.15) is 22.3 Å². The number of benzene rings is 8. The Bertz CT molecular complexity index is 2970. The summed E-state index contributed by atoms with van der Waals surface area (Å²) in [7, 11) is 0. The third kappa shape index (κ3) is 4.89. The van der Waals surface area contributed by atoms with Gasteiger partial charge in [-0.2, -0.15) is 0 Å². The van der Waals surface area contributed by atoms with E-state index >= 15 is 0 Å². The van der Waals surface area contributed by atoms with Crippen molar-refractivity contribution >= 4 is 21.9 Å². The molecule has 0 radical (unpaired) electrons. The van der Waals surface area contributed by atoms with Crippen molar-refractivity contribution in [1.29, 1.82) is 0 Å². The lowest BCUT2D eigenvalue weighted by molar-refractivity contribution is 0.669. The van der Waals surface area contributed by atoms with Crippen molar-refractivity contribution in [2.45, 2.75) is 5.41 Å². The van der Waals surface area contributed by atoms with E-state index in [1.165, 1.54) is 38.9 Å². The highest BCUT2D eigenvalue weighted by Gasteiger charge is 2.47. The van der Waals surface area contributed by atoms with Crippen LogP contribution >= 0.6 is 0 Å². The standard InChI is InChI=1S/C52H33N3O/c1-5-17-34(18-6-1)49-53-50(35-19-7-2-8-20-35)55-51(54-49)42-28-16-30-46-47(42)43-33-36(31-32-45(43)56-46)39-26-15-27-41-40-25-13-14-29-44(40)52(48(39)41,37-21-9-3-10-22-37)38-23-11-4-12-24-38/h1-33H. The van der Waals surface area contributed by atoms with Crippen molar-refractivity contribution in [2.75, 3.05) is 0 Å². The summed E-state index contributed by atoms with van der Waals surface area (Å²) in [4.78, 5) is 15.2. The van der Waals surface area contributed by atoms with Crippen LogP contribution in [-0.4, -0.2) is 15.0 Å². The summed E-state index contributed by atoms with van der Waals surface area (Å²) in [6, 6.07) is 70.5. The van der Waals surface area contributed by atoms with Crippen molar-refractivity contribution in [3.8, 4) is 56.4 Å². The zero-order chi connectivity index (χ0) is 37.1. The summed E-state index contributed by atoms with van der Waals surface area (Å²) in [5.74, 6) is 1.84. The molecule has 262 valence electrons. The van der Waals surface area contributed by atoms with Crippen LogP contribution < -0.4 is 0 Å². The fourth-order valence-electron chi connectivity index (χ4n) is 8.85. The minimum Gasteiger partial charge on any atom is -0.456 e. The van der Waals surface area contributed by atoms with Crippen LogP contribution in [0.5, 0.6) is 0 Å². The van der Waals surface area contributed by atoms with Crippen LogP contribution in [0.4, 0.5) is 0 Å². The molecule has 0 saturated heterocycles. The molecule has 2 heterocycles. The minimum atomic E-state index is -0.532. The van der Waals surface area contributed by atoms with Gasteiger partial charge in [0.25, 0.3) is 0 Å². The van der Waals surface area contributed by atoms with Gasteiger partial charge < -0.3 is 4.42 Å². The summed E-state index contributed by atoms with van der Waals surface area (Å²) >= 11 is 0. The molecule has 11 rings (SSSR count). The first-order valence-electron chi connectivity index (χ1n) is 18.9. The molecule has 0 aliphatic heterocycles. The number of fused-ring (bicyclic) bond motifs is 6. The van der Waals surface area contributed by atoms with Crippen LogP contribution in [0, 0.1) is 0 Å². The van der Waals surface area contributed by atoms with Gasteiger partial charge in [0.15, 0.2) is 17.5 Å². The normalized spacial score (nSPS) is 12.8. The molecule has 0 bridgehead atoms. The Kier molecular flexibility index (Phi) is 7.36. The van der Waals surface area contributed by atoms with Crippen molar-refractivity contribution in [1.82, 2.24) is 15.0 Å². The molecule has 10 aromatic rings. The molecule has 1 aliphatic rings. The molecular weight excluding hydrogens is 683 g/mol. The van der Waals surface area contributed by atoms with Crippen LogP contribution in [0.25, 0.3) is 78.4 Å². The second-order valence-corrected chi connectivity index (χ2v) is 14.3. The molecule has 0 saturated carbocycles. The van der Waals surface area contributed by atoms with Gasteiger partial charge in [-0.15, -0.1) is 0 Å². The third-order valence-corrected chi connectivity index (χ3v) is 11.2. The van der Waals surface area contributed by atoms with Gasteiger partial charge in [-0.05, 0) is 62.7 Å². The number of aromatic nitrogens is 3. The first-order chi connectivity index (χ1) is 27.8. The van der Waals surface area contributed by atoms with Crippen LogP contribution in [0.3, 0.4) is 0 Å². The summed E-state index contributed by atoms with van der Waals surface area (Å²) in [6.07, 6.45) is 0. The monoisotopic (exact) mass is 715 g/mol. The number of nitrogens with zero attached hydrogens (tertiary/aromatic N) is 3. The van der Waals surface area contributed by atoms with Crippen LogP contribution in [-0.2, 0) is 5.41 Å². The summed E-state index contributed by atoms with van der Waals surface area (Å²) in [5.41, 5.74) is 13.6. The second-order valence-electron chi connectivity index (χ2n) is 14.3. The zero-order valence-electron chi connectivity index (χ0n) is 30.3. The van der Waals surface area contributed by atoms with E-state index in [0.717, 1.165) is 44.2 Å². The highest BCUT2D eigenvalue weighted by molar-refractivity contribution is 6.13. The van der Waals surface area contributed by atoms with E-state index in [9.17, 15) is 0 Å². The molecule has 56 heavy (non-hydrogen) atoms. The lowest BCUT2D eigenvalue weighted by atomic mass is 9.66. The van der Waals surface area contributed by atoms with E-state index < -0.39 is 5.41 Å². The Labute approximate surface area is 324 Å². The Balaban J connectivity index is 1.17. The number of hydrogen-bond acceptors (Lipinski definition) is 4. The quantitative estimate of drug-likeness (QED) is 0.172. The van der Waals surface area contributed by atoms with Gasteiger partial charge in [-0.1, -0.05) is 182 Å². The van der Waals surface area contributed by atoms with Gasteiger partial charge in [0.05, 0.1) is 5.41 Å². The van der Waals surface area contributed by atoms with Gasteiger partial charge in [0, 0.05) is 27.5 Å². The molecular formula is C52H33N3O. The number of rotatable bonds is 6. The predicted molar refractivity (Wildman–Crippen MR) is 226 cm³/mol. The van der Waals surface area contributed by atoms with E-state index in [-0.39, 0.29) is 0 Å². The van der Waals surface area contributed by atoms with Crippen molar-refractivity contribution in [2.24, 2.45) is 0 Å². The average molecular weight is 716 g/mol. The van der Waals surface area contributed by atoms with Gasteiger partial charge in [-0.25, -0.2) is 15.0 Å². The molecule has 0 amide bonds. The second kappa shape index (κ2) is 12.9. The van der Waals surface area contributed by atoms with E-state index in [1.807, 2.05) is 72.8 Å². The fourth-order valence-corrected chi connectivity index (χ4v) is 8.85. The maximum Gasteiger partial charge on any atom is 0.164 e. The maximum atomic E-state index is 6.59. The topological polar surface area (TPSA) is 51.8 Å². The first-order valence-corrected chi connectivity index (χ1v) is 18.9. The van der Waals surface area contributed by atoms with E-state index in [0.29, 0.717) is 17.5 Å². The minimum absolute atomic E-state index is 0.532. The largest absolute Gasteiger partial charge is 0.456 e. The zero-order valence-corrected chi connectivity index (χ0v) is 30.3. The van der Waals surface area contributed by atoms with Gasteiger partial charge >= 0.3 is 0 Å². The van der Waals surface area contributed by atoms with Crippen LogP contribution in [0.15, 0.2) is 205 Å². The van der Waals surface area contributed by atoms with Crippen LogP contribution in [0.2, 0.25) is 0 Å². The molecule has 0 unspecified atom stereocenters. The highest BCUT2D eigenvalue weighted by atomic mass is 16.3. The molecule has 0 spiro atoms. The molecule has 4 heteroatoms. The molecule has 8 aromatic carbocycles. The SMILES string of the molecule is c1ccc(-c2nc(-c3ccccc3)nc(-c3cccc4oc5ccc(-c6cccc7c6C(c6ccccc6)(c6ccccc6)c6ccccc6-7)cc5c34)n2)cc1. The Morgan fingerprint density at radius 2 is 0.875 bits per heavy atom. The smallest absolute Gasteiger partial charge is 0.164 e. The Hall–Kier alpha value is -7.43. The highest BCUT2D eigenvalue weighted by Crippen LogP contribution is 2.58. The molecule has 4 nitrogen and oxygen atoms in total. The van der Waals surface area contributed by atoms with Crippen molar-refractivity contribution in [3.63, 3.8) is 0 Å². The number of furan rings is 1. The number of hydrogen-bond donors (Lipinski definition) is 0. The first kappa shape index (κ1) is 32.0. The fraction of sp³-hybridized carbons (Fsp3) is 0.0192. The summed E-state index contributed by atoms with van der Waals surface area (Å²) in [6.45, 7) is 0. The third-order valence-electron chi connectivity index (χ3n) is 11.2. The molecule has 0 fully saturated rings. The molecule has 0 N–H and O–H groups in total. The molecule has 1 aliphatic carbocycles. The maximum absolute atomic E-state index is 6.59. The summed E-state index contributed by atoms with van der Waals surface area (Å²) in [5, 5.41) is 1.98. The summed E-state index contributed by atoms with van der Waals surface area (Å²) < 4.78 is 6.59. The van der Waals surface area contributed by atoms with Gasteiger partial charge in [0.2, 0.25) is 0 Å². The molecule has 0 atom stereocenters. The molecule has 2 aromatic heterocycles. The van der Waals surface area contributed by atoms with Crippen molar-refractivity contribution in [3.05, 3.63) is 222 Å². The lowest BCUT2D eigenvalue weighted by Crippen LogP contribution is -2.29. The van der Waals surface area contributed by atoms with Gasteiger partial charge in [0.1, 0.15) is 11.2 Å². The van der Waals surface area contributed by atoms with Crippen molar-refractivity contribution < 1.29 is 4.42 Å². The lowest BCUT2D eigenvalue weighted by Gasteiger charge is -2.35. The Morgan fingerprint density at radius 1 is 0.357 bits per heavy atom.